The third-order valence-electron chi connectivity index (χ3n) is 1.77. The van der Waals surface area contributed by atoms with Gasteiger partial charge in [-0.3, -0.25) is 0 Å². The number of hydrogen-bond acceptors (Lipinski definition) is 2. The standard InChI is InChI=1S/C9H15NO/c1-10(2)7-8-5-4-6-9(8)11-3/h4-6,8H,7H2,1-3H3. The van der Waals surface area contributed by atoms with Crippen LogP contribution in [0.15, 0.2) is 24.0 Å². The molecule has 11 heavy (non-hydrogen) atoms. The first-order valence-corrected chi connectivity index (χ1v) is 3.81. The van der Waals surface area contributed by atoms with E-state index < -0.39 is 0 Å². The van der Waals surface area contributed by atoms with Crippen molar-refractivity contribution in [2.45, 2.75) is 0 Å². The maximum atomic E-state index is 5.20. The van der Waals surface area contributed by atoms with Crippen molar-refractivity contribution >= 4 is 0 Å². The van der Waals surface area contributed by atoms with Crippen molar-refractivity contribution in [3.63, 3.8) is 0 Å². The Morgan fingerprint density at radius 2 is 2.27 bits per heavy atom. The average Bonchev–Trinajstić information content (AvgIpc) is 2.34. The summed E-state index contributed by atoms with van der Waals surface area (Å²) in [5, 5.41) is 0. The van der Waals surface area contributed by atoms with Crippen LogP contribution in [0.25, 0.3) is 0 Å². The topological polar surface area (TPSA) is 12.5 Å². The SMILES string of the molecule is COC1=CC=CC1CN(C)C. The predicted molar refractivity (Wildman–Crippen MR) is 46.3 cm³/mol. The Kier molecular flexibility index (Phi) is 2.71. The largest absolute Gasteiger partial charge is 0.500 e. The lowest BCUT2D eigenvalue weighted by Crippen LogP contribution is -2.21. The smallest absolute Gasteiger partial charge is 0.104 e. The molecule has 0 radical (unpaired) electrons. The number of methoxy groups -OCH3 is 1. The van der Waals surface area contributed by atoms with Crippen LogP contribution in [0.4, 0.5) is 0 Å². The van der Waals surface area contributed by atoms with E-state index in [2.05, 4.69) is 25.1 Å². The lowest BCUT2D eigenvalue weighted by Gasteiger charge is -2.16. The minimum Gasteiger partial charge on any atom is -0.500 e. The molecule has 0 aromatic heterocycles. The summed E-state index contributed by atoms with van der Waals surface area (Å²) in [6.45, 7) is 1.02. The van der Waals surface area contributed by atoms with Gasteiger partial charge in [-0.05, 0) is 20.2 Å². The highest BCUT2D eigenvalue weighted by molar-refractivity contribution is 5.23. The van der Waals surface area contributed by atoms with Crippen molar-refractivity contribution in [1.29, 1.82) is 0 Å². The van der Waals surface area contributed by atoms with E-state index in [1.807, 2.05) is 12.2 Å². The predicted octanol–water partition coefficient (Wildman–Crippen LogP) is 1.26. The molecule has 1 aliphatic rings. The highest BCUT2D eigenvalue weighted by Gasteiger charge is 2.15. The maximum Gasteiger partial charge on any atom is 0.104 e. The summed E-state index contributed by atoms with van der Waals surface area (Å²) < 4.78 is 5.20. The average molecular weight is 153 g/mol. The molecule has 0 heterocycles. The zero-order chi connectivity index (χ0) is 8.27. The fourth-order valence-corrected chi connectivity index (χ4v) is 1.27. The molecule has 62 valence electrons. The Morgan fingerprint density at radius 3 is 2.82 bits per heavy atom. The highest BCUT2D eigenvalue weighted by atomic mass is 16.5. The van der Waals surface area contributed by atoms with Crippen molar-refractivity contribution < 1.29 is 4.74 Å². The molecule has 1 unspecified atom stereocenters. The number of rotatable bonds is 3. The summed E-state index contributed by atoms with van der Waals surface area (Å²) in [7, 11) is 5.86. The van der Waals surface area contributed by atoms with Crippen LogP contribution < -0.4 is 0 Å². The number of hydrogen-bond donors (Lipinski definition) is 0. The van der Waals surface area contributed by atoms with Crippen molar-refractivity contribution in [3.8, 4) is 0 Å². The molecular formula is C9H15NO. The molecule has 0 spiro atoms. The van der Waals surface area contributed by atoms with Gasteiger partial charge in [0.05, 0.1) is 7.11 Å². The van der Waals surface area contributed by atoms with Gasteiger partial charge in [-0.1, -0.05) is 12.2 Å². The molecule has 0 bridgehead atoms. The minimum absolute atomic E-state index is 0.454. The van der Waals surface area contributed by atoms with E-state index in [9.17, 15) is 0 Å². The molecule has 0 amide bonds. The summed E-state index contributed by atoms with van der Waals surface area (Å²) in [5.41, 5.74) is 0. The van der Waals surface area contributed by atoms with E-state index in [0.717, 1.165) is 12.3 Å². The Morgan fingerprint density at radius 1 is 1.55 bits per heavy atom. The third-order valence-corrected chi connectivity index (χ3v) is 1.77. The maximum absolute atomic E-state index is 5.20. The van der Waals surface area contributed by atoms with E-state index in [4.69, 9.17) is 4.74 Å². The fraction of sp³-hybridized carbons (Fsp3) is 0.556. The number of ether oxygens (including phenoxy) is 1. The first-order chi connectivity index (χ1) is 5.24. The van der Waals surface area contributed by atoms with Crippen molar-refractivity contribution in [2.24, 2.45) is 5.92 Å². The van der Waals surface area contributed by atoms with Gasteiger partial charge in [0, 0.05) is 12.5 Å². The second-order valence-corrected chi connectivity index (χ2v) is 3.03. The van der Waals surface area contributed by atoms with Gasteiger partial charge in [-0.2, -0.15) is 0 Å². The van der Waals surface area contributed by atoms with Crippen LogP contribution in [0, 0.1) is 5.92 Å². The summed E-state index contributed by atoms with van der Waals surface area (Å²) in [6, 6.07) is 0. The Bertz CT molecular complexity index is 182. The molecule has 0 aromatic rings. The van der Waals surface area contributed by atoms with Crippen LogP contribution in [0.1, 0.15) is 0 Å². The van der Waals surface area contributed by atoms with Crippen LogP contribution in [-0.2, 0) is 4.74 Å². The Hall–Kier alpha value is -0.760. The molecule has 0 fully saturated rings. The molecule has 0 saturated heterocycles. The van der Waals surface area contributed by atoms with Gasteiger partial charge in [-0.25, -0.2) is 0 Å². The molecule has 2 heteroatoms. The number of nitrogens with zero attached hydrogens (tertiary/aromatic N) is 1. The van der Waals surface area contributed by atoms with Crippen molar-refractivity contribution in [3.05, 3.63) is 24.0 Å². The van der Waals surface area contributed by atoms with E-state index >= 15 is 0 Å². The van der Waals surface area contributed by atoms with E-state index in [1.54, 1.807) is 7.11 Å². The van der Waals surface area contributed by atoms with Crippen LogP contribution in [0.2, 0.25) is 0 Å². The van der Waals surface area contributed by atoms with E-state index in [1.165, 1.54) is 0 Å². The van der Waals surface area contributed by atoms with Gasteiger partial charge in [-0.15, -0.1) is 0 Å². The van der Waals surface area contributed by atoms with Gasteiger partial charge < -0.3 is 9.64 Å². The third kappa shape index (κ3) is 2.09. The molecule has 2 nitrogen and oxygen atoms in total. The molecule has 1 aliphatic carbocycles. The van der Waals surface area contributed by atoms with E-state index in [-0.39, 0.29) is 0 Å². The molecule has 0 aromatic carbocycles. The quantitative estimate of drug-likeness (QED) is 0.605. The van der Waals surface area contributed by atoms with Gasteiger partial charge in [0.2, 0.25) is 0 Å². The van der Waals surface area contributed by atoms with Crippen LogP contribution >= 0.6 is 0 Å². The first-order valence-electron chi connectivity index (χ1n) is 3.81. The second kappa shape index (κ2) is 3.58. The molecule has 0 saturated carbocycles. The lowest BCUT2D eigenvalue weighted by atomic mass is 10.1. The Labute approximate surface area is 68.1 Å². The Balaban J connectivity index is 2.46. The van der Waals surface area contributed by atoms with Gasteiger partial charge in [0.25, 0.3) is 0 Å². The second-order valence-electron chi connectivity index (χ2n) is 3.03. The van der Waals surface area contributed by atoms with Crippen LogP contribution in [-0.4, -0.2) is 32.6 Å². The zero-order valence-corrected chi connectivity index (χ0v) is 7.37. The first kappa shape index (κ1) is 8.34. The minimum atomic E-state index is 0.454. The number of allylic oxidation sites excluding steroid dienone is 2. The molecular weight excluding hydrogens is 138 g/mol. The monoisotopic (exact) mass is 153 g/mol. The fourth-order valence-electron chi connectivity index (χ4n) is 1.27. The van der Waals surface area contributed by atoms with Gasteiger partial charge in [0.15, 0.2) is 0 Å². The summed E-state index contributed by atoms with van der Waals surface area (Å²) in [4.78, 5) is 2.16. The van der Waals surface area contributed by atoms with E-state index in [0.29, 0.717) is 5.92 Å². The van der Waals surface area contributed by atoms with Crippen LogP contribution in [0.3, 0.4) is 0 Å². The molecule has 1 rings (SSSR count). The van der Waals surface area contributed by atoms with Crippen molar-refractivity contribution in [1.82, 2.24) is 4.90 Å². The molecule has 0 N–H and O–H groups in total. The van der Waals surface area contributed by atoms with Crippen LogP contribution in [0.5, 0.6) is 0 Å². The molecule has 0 aliphatic heterocycles. The van der Waals surface area contributed by atoms with Crippen molar-refractivity contribution in [2.75, 3.05) is 27.7 Å². The highest BCUT2D eigenvalue weighted by Crippen LogP contribution is 2.19. The molecule has 1 atom stereocenters. The summed E-state index contributed by atoms with van der Waals surface area (Å²) in [5.74, 6) is 1.52. The normalized spacial score (nSPS) is 22.5. The summed E-state index contributed by atoms with van der Waals surface area (Å²) >= 11 is 0. The van der Waals surface area contributed by atoms with Gasteiger partial charge >= 0.3 is 0 Å². The van der Waals surface area contributed by atoms with Gasteiger partial charge in [0.1, 0.15) is 5.76 Å². The lowest BCUT2D eigenvalue weighted by molar-refractivity contribution is 0.238. The zero-order valence-electron chi connectivity index (χ0n) is 7.37. The summed E-state index contributed by atoms with van der Waals surface area (Å²) in [6.07, 6.45) is 6.24.